The van der Waals surface area contributed by atoms with E-state index in [1.165, 1.54) is 12.8 Å². The Bertz CT molecular complexity index is 362. The van der Waals surface area contributed by atoms with Crippen LogP contribution in [0.3, 0.4) is 0 Å². The van der Waals surface area contributed by atoms with Crippen LogP contribution in [0.4, 0.5) is 5.82 Å². The summed E-state index contributed by atoms with van der Waals surface area (Å²) in [6, 6.07) is 5.94. The smallest absolute Gasteiger partial charge is 0.214 e. The van der Waals surface area contributed by atoms with Crippen molar-refractivity contribution < 1.29 is 4.74 Å². The molecule has 0 aromatic carbocycles. The molecule has 2 heterocycles. The average molecular weight is 299 g/mol. The molecule has 1 aromatic heterocycles. The number of hydrogen-bond acceptors (Lipinski definition) is 3. The van der Waals surface area contributed by atoms with Crippen LogP contribution in [0.15, 0.2) is 18.2 Å². The van der Waals surface area contributed by atoms with Gasteiger partial charge < -0.3 is 9.64 Å². The molecule has 17 heavy (non-hydrogen) atoms. The Balaban J connectivity index is 2.00. The number of hydrogen-bond donors (Lipinski definition) is 0. The lowest BCUT2D eigenvalue weighted by molar-refractivity contribution is 0.391. The summed E-state index contributed by atoms with van der Waals surface area (Å²) in [7, 11) is 1.66. The third-order valence-corrected chi connectivity index (χ3v) is 4.18. The van der Waals surface area contributed by atoms with Gasteiger partial charge in [-0.2, -0.15) is 4.98 Å². The Kier molecular flexibility index (Phi) is 4.26. The molecule has 1 aliphatic heterocycles. The van der Waals surface area contributed by atoms with Crippen molar-refractivity contribution in [3.05, 3.63) is 18.2 Å². The number of nitrogens with zero attached hydrogens (tertiary/aromatic N) is 2. The summed E-state index contributed by atoms with van der Waals surface area (Å²) in [6.07, 6.45) is 2.45. The summed E-state index contributed by atoms with van der Waals surface area (Å²) in [5, 5.41) is 0. The van der Waals surface area contributed by atoms with Crippen LogP contribution in [0.5, 0.6) is 5.88 Å². The van der Waals surface area contributed by atoms with Gasteiger partial charge in [0, 0.05) is 24.0 Å². The van der Waals surface area contributed by atoms with Crippen LogP contribution in [0, 0.1) is 5.92 Å². The van der Waals surface area contributed by atoms with Crippen molar-refractivity contribution in [1.29, 1.82) is 0 Å². The van der Waals surface area contributed by atoms with Crippen molar-refractivity contribution in [1.82, 2.24) is 4.98 Å². The predicted octanol–water partition coefficient (Wildman–Crippen LogP) is 3.09. The SMILES string of the molecule is COc1cccc(N2CCC(C(C)Br)CC2)n1. The maximum atomic E-state index is 5.16. The van der Waals surface area contributed by atoms with Crippen molar-refractivity contribution in [2.45, 2.75) is 24.6 Å². The first-order chi connectivity index (χ1) is 8.20. The lowest BCUT2D eigenvalue weighted by atomic mass is 9.94. The van der Waals surface area contributed by atoms with Gasteiger partial charge in [-0.1, -0.05) is 28.9 Å². The highest BCUT2D eigenvalue weighted by atomic mass is 79.9. The van der Waals surface area contributed by atoms with Crippen molar-refractivity contribution >= 4 is 21.7 Å². The number of aromatic nitrogens is 1. The zero-order chi connectivity index (χ0) is 12.3. The van der Waals surface area contributed by atoms with Gasteiger partial charge in [0.15, 0.2) is 0 Å². The molecule has 0 amide bonds. The minimum Gasteiger partial charge on any atom is -0.481 e. The van der Waals surface area contributed by atoms with Gasteiger partial charge >= 0.3 is 0 Å². The Labute approximate surface area is 111 Å². The Morgan fingerprint density at radius 1 is 1.41 bits per heavy atom. The van der Waals surface area contributed by atoms with Crippen LogP contribution in [-0.4, -0.2) is 30.0 Å². The maximum absolute atomic E-state index is 5.16. The van der Waals surface area contributed by atoms with Gasteiger partial charge in [-0.25, -0.2) is 0 Å². The molecule has 2 rings (SSSR count). The van der Waals surface area contributed by atoms with E-state index in [0.29, 0.717) is 10.7 Å². The van der Waals surface area contributed by atoms with Crippen LogP contribution in [0.25, 0.3) is 0 Å². The Morgan fingerprint density at radius 2 is 2.12 bits per heavy atom. The van der Waals surface area contributed by atoms with Gasteiger partial charge in [0.25, 0.3) is 0 Å². The summed E-state index contributed by atoms with van der Waals surface area (Å²) in [6.45, 7) is 4.41. The fraction of sp³-hybridized carbons (Fsp3) is 0.615. The summed E-state index contributed by atoms with van der Waals surface area (Å²) in [4.78, 5) is 7.43. The monoisotopic (exact) mass is 298 g/mol. The molecule has 1 aliphatic rings. The van der Waals surface area contributed by atoms with Crippen molar-refractivity contribution in [2.24, 2.45) is 5.92 Å². The van der Waals surface area contributed by atoms with E-state index in [0.717, 1.165) is 24.8 Å². The highest BCUT2D eigenvalue weighted by Crippen LogP contribution is 2.27. The normalized spacial score (nSPS) is 19.1. The molecule has 4 heteroatoms. The average Bonchev–Trinajstić information content (AvgIpc) is 2.39. The van der Waals surface area contributed by atoms with Gasteiger partial charge in [0.2, 0.25) is 5.88 Å². The quantitative estimate of drug-likeness (QED) is 0.802. The largest absolute Gasteiger partial charge is 0.481 e. The van der Waals surface area contributed by atoms with E-state index < -0.39 is 0 Å². The third kappa shape index (κ3) is 3.12. The lowest BCUT2D eigenvalue weighted by Gasteiger charge is -2.34. The fourth-order valence-corrected chi connectivity index (χ4v) is 2.81. The second-order valence-corrected chi connectivity index (χ2v) is 5.98. The number of methoxy groups -OCH3 is 1. The molecular formula is C13H19BrN2O. The summed E-state index contributed by atoms with van der Waals surface area (Å²) in [5.74, 6) is 2.51. The van der Waals surface area contributed by atoms with Crippen LogP contribution in [-0.2, 0) is 0 Å². The number of pyridine rings is 1. The van der Waals surface area contributed by atoms with Crippen LogP contribution >= 0.6 is 15.9 Å². The predicted molar refractivity (Wildman–Crippen MR) is 74.1 cm³/mol. The molecule has 0 aliphatic carbocycles. The van der Waals surface area contributed by atoms with Gasteiger partial charge in [-0.3, -0.25) is 0 Å². The van der Waals surface area contributed by atoms with Crippen molar-refractivity contribution in [3.8, 4) is 5.88 Å². The molecule has 0 spiro atoms. The number of rotatable bonds is 3. The van der Waals surface area contributed by atoms with Crippen molar-refractivity contribution in [2.75, 3.05) is 25.1 Å². The molecule has 3 nitrogen and oxygen atoms in total. The topological polar surface area (TPSA) is 25.4 Å². The van der Waals surface area contributed by atoms with Gasteiger partial charge in [0.1, 0.15) is 5.82 Å². The minimum absolute atomic E-state index is 0.614. The molecule has 0 N–H and O–H groups in total. The van der Waals surface area contributed by atoms with E-state index in [4.69, 9.17) is 4.74 Å². The van der Waals surface area contributed by atoms with Crippen LogP contribution in [0.1, 0.15) is 19.8 Å². The number of anilines is 1. The number of halogens is 1. The lowest BCUT2D eigenvalue weighted by Crippen LogP contribution is -2.36. The highest BCUT2D eigenvalue weighted by Gasteiger charge is 2.23. The van der Waals surface area contributed by atoms with Crippen LogP contribution < -0.4 is 9.64 Å². The second-order valence-electron chi connectivity index (χ2n) is 4.54. The van der Waals surface area contributed by atoms with Gasteiger partial charge in [0.05, 0.1) is 7.11 Å². The first-order valence-corrected chi connectivity index (χ1v) is 7.02. The van der Waals surface area contributed by atoms with E-state index in [1.54, 1.807) is 7.11 Å². The zero-order valence-electron chi connectivity index (χ0n) is 10.4. The van der Waals surface area contributed by atoms with E-state index in [1.807, 2.05) is 12.1 Å². The van der Waals surface area contributed by atoms with Crippen LogP contribution in [0.2, 0.25) is 0 Å². The van der Waals surface area contributed by atoms with Gasteiger partial charge in [-0.05, 0) is 24.8 Å². The molecule has 1 unspecified atom stereocenters. The Hall–Kier alpha value is -0.770. The second kappa shape index (κ2) is 5.71. The number of alkyl halides is 1. The summed E-state index contributed by atoms with van der Waals surface area (Å²) in [5.41, 5.74) is 0. The molecule has 0 radical (unpaired) electrons. The molecule has 1 atom stereocenters. The molecule has 0 saturated carbocycles. The minimum atomic E-state index is 0.614. The van der Waals surface area contributed by atoms with Crippen molar-refractivity contribution in [3.63, 3.8) is 0 Å². The number of piperidine rings is 1. The van der Waals surface area contributed by atoms with E-state index >= 15 is 0 Å². The maximum Gasteiger partial charge on any atom is 0.214 e. The van der Waals surface area contributed by atoms with E-state index in [9.17, 15) is 0 Å². The van der Waals surface area contributed by atoms with E-state index in [2.05, 4.69) is 38.8 Å². The molecule has 1 saturated heterocycles. The summed E-state index contributed by atoms with van der Waals surface area (Å²) >= 11 is 3.68. The standard InChI is InChI=1S/C13H19BrN2O/c1-10(14)11-6-8-16(9-7-11)12-4-3-5-13(15-12)17-2/h3-5,10-11H,6-9H2,1-2H3. The third-order valence-electron chi connectivity index (χ3n) is 3.43. The molecule has 1 aromatic rings. The molecular weight excluding hydrogens is 280 g/mol. The van der Waals surface area contributed by atoms with Gasteiger partial charge in [-0.15, -0.1) is 0 Å². The highest BCUT2D eigenvalue weighted by molar-refractivity contribution is 9.09. The molecule has 94 valence electrons. The Morgan fingerprint density at radius 3 is 2.71 bits per heavy atom. The molecule has 0 bridgehead atoms. The molecule has 1 fully saturated rings. The number of ether oxygens (including phenoxy) is 1. The van der Waals surface area contributed by atoms with E-state index in [-0.39, 0.29) is 0 Å². The first-order valence-electron chi connectivity index (χ1n) is 6.11. The first kappa shape index (κ1) is 12.7. The fourth-order valence-electron chi connectivity index (χ4n) is 2.28. The summed E-state index contributed by atoms with van der Waals surface area (Å²) < 4.78 is 5.16. The zero-order valence-corrected chi connectivity index (χ0v) is 12.0.